The molecule has 0 saturated carbocycles. The zero-order valence-corrected chi connectivity index (χ0v) is 16.3. The molecule has 7 nitrogen and oxygen atoms in total. The molecule has 1 amide bonds. The maximum absolute atomic E-state index is 13.1. The molecule has 0 saturated heterocycles. The number of nitrogens with zero attached hydrogens (tertiary/aromatic N) is 3. The molecule has 0 unspecified atom stereocenters. The number of carbonyl (C=O) groups excluding carboxylic acids is 1. The number of ether oxygens (including phenoxy) is 2. The summed E-state index contributed by atoms with van der Waals surface area (Å²) in [5, 5.41) is 8.44. The van der Waals surface area contributed by atoms with Crippen LogP contribution >= 0.6 is 0 Å². The molecule has 29 heavy (non-hydrogen) atoms. The third-order valence-corrected chi connectivity index (χ3v) is 4.23. The summed E-state index contributed by atoms with van der Waals surface area (Å²) in [5.74, 6) is 0.299. The predicted molar refractivity (Wildman–Crippen MR) is 107 cm³/mol. The average molecular weight is 396 g/mol. The van der Waals surface area contributed by atoms with Crippen LogP contribution in [0.1, 0.15) is 17.0 Å². The first kappa shape index (κ1) is 20.1. The van der Waals surface area contributed by atoms with E-state index in [1.54, 1.807) is 35.0 Å². The molecule has 1 heterocycles. The average Bonchev–Trinajstić information content (AvgIpc) is 3.01. The molecule has 0 bridgehead atoms. The Morgan fingerprint density at radius 1 is 1.17 bits per heavy atom. The normalized spacial score (nSPS) is 10.9. The number of nitrogens with one attached hydrogen (secondary N) is 1. The van der Waals surface area contributed by atoms with Crippen molar-refractivity contribution in [3.8, 4) is 17.2 Å². The van der Waals surface area contributed by atoms with Crippen molar-refractivity contribution in [3.05, 3.63) is 71.3 Å². The van der Waals surface area contributed by atoms with Gasteiger partial charge in [0.2, 0.25) is 0 Å². The number of methoxy groups -OCH3 is 1. The standard InChI is InChI=1S/C21H21FN4O3/c1-14-18(15(2)26(25-14)17-10-8-16(22)9-11-17)12-23-24-21(27)13-29-20-7-5-4-6-19(20)28-3/h4-12H,13H2,1-3H3,(H,24,27)/b23-12-. The summed E-state index contributed by atoms with van der Waals surface area (Å²) in [4.78, 5) is 12.0. The number of hydrazone groups is 1. The smallest absolute Gasteiger partial charge is 0.277 e. The van der Waals surface area contributed by atoms with Crippen LogP contribution in [0.15, 0.2) is 53.6 Å². The fraction of sp³-hybridized carbons (Fsp3) is 0.190. The van der Waals surface area contributed by atoms with Gasteiger partial charge in [-0.2, -0.15) is 10.2 Å². The Kier molecular flexibility index (Phi) is 6.23. The summed E-state index contributed by atoms with van der Waals surface area (Å²) in [6, 6.07) is 13.1. The Morgan fingerprint density at radius 3 is 2.55 bits per heavy atom. The van der Waals surface area contributed by atoms with Gasteiger partial charge < -0.3 is 9.47 Å². The molecular formula is C21H21FN4O3. The molecule has 0 spiro atoms. The van der Waals surface area contributed by atoms with Gasteiger partial charge in [-0.05, 0) is 50.2 Å². The van der Waals surface area contributed by atoms with Gasteiger partial charge in [-0.25, -0.2) is 14.5 Å². The number of hydrogen-bond acceptors (Lipinski definition) is 5. The van der Waals surface area contributed by atoms with Gasteiger partial charge in [0, 0.05) is 5.56 Å². The highest BCUT2D eigenvalue weighted by Crippen LogP contribution is 2.25. The van der Waals surface area contributed by atoms with Crippen molar-refractivity contribution >= 4 is 12.1 Å². The molecule has 2 aromatic carbocycles. The monoisotopic (exact) mass is 396 g/mol. The van der Waals surface area contributed by atoms with E-state index in [0.29, 0.717) is 11.5 Å². The maximum Gasteiger partial charge on any atom is 0.277 e. The number of para-hydroxylation sites is 2. The zero-order chi connectivity index (χ0) is 20.8. The van der Waals surface area contributed by atoms with Gasteiger partial charge in [-0.1, -0.05) is 12.1 Å². The van der Waals surface area contributed by atoms with E-state index in [1.165, 1.54) is 25.5 Å². The first-order valence-electron chi connectivity index (χ1n) is 8.89. The second kappa shape index (κ2) is 9.01. The summed E-state index contributed by atoms with van der Waals surface area (Å²) < 4.78 is 25.5. The van der Waals surface area contributed by atoms with Gasteiger partial charge in [-0.3, -0.25) is 4.79 Å². The number of aromatic nitrogens is 2. The summed E-state index contributed by atoms with van der Waals surface area (Å²) in [6.07, 6.45) is 1.53. The van der Waals surface area contributed by atoms with Crippen LogP contribution in [0.5, 0.6) is 11.5 Å². The molecule has 0 aliphatic heterocycles. The lowest BCUT2D eigenvalue weighted by atomic mass is 10.2. The second-order valence-electron chi connectivity index (χ2n) is 6.21. The number of aryl methyl sites for hydroxylation is 1. The largest absolute Gasteiger partial charge is 0.493 e. The van der Waals surface area contributed by atoms with Gasteiger partial charge in [0.05, 0.1) is 30.4 Å². The lowest BCUT2D eigenvalue weighted by Crippen LogP contribution is -2.24. The quantitative estimate of drug-likeness (QED) is 0.492. The highest BCUT2D eigenvalue weighted by atomic mass is 19.1. The van der Waals surface area contributed by atoms with Crippen LogP contribution < -0.4 is 14.9 Å². The molecule has 0 atom stereocenters. The summed E-state index contributed by atoms with van der Waals surface area (Å²) in [7, 11) is 1.53. The minimum absolute atomic E-state index is 0.204. The molecule has 0 aliphatic carbocycles. The van der Waals surface area contributed by atoms with Crippen LogP contribution in [-0.4, -0.2) is 35.6 Å². The molecule has 0 aliphatic rings. The van der Waals surface area contributed by atoms with Crippen molar-refractivity contribution < 1.29 is 18.7 Å². The van der Waals surface area contributed by atoms with Gasteiger partial charge in [-0.15, -0.1) is 0 Å². The number of amides is 1. The molecule has 1 N–H and O–H groups in total. The summed E-state index contributed by atoms with van der Waals surface area (Å²) in [5.41, 5.74) is 5.48. The Hall–Kier alpha value is -3.68. The number of hydrogen-bond donors (Lipinski definition) is 1. The Morgan fingerprint density at radius 2 is 1.86 bits per heavy atom. The van der Waals surface area contributed by atoms with Gasteiger partial charge in [0.1, 0.15) is 5.82 Å². The van der Waals surface area contributed by atoms with E-state index >= 15 is 0 Å². The first-order valence-corrected chi connectivity index (χ1v) is 8.89. The zero-order valence-electron chi connectivity index (χ0n) is 16.3. The number of rotatable bonds is 7. The molecule has 0 radical (unpaired) electrons. The minimum atomic E-state index is -0.409. The molecule has 3 aromatic rings. The highest BCUT2D eigenvalue weighted by molar-refractivity contribution is 5.85. The van der Waals surface area contributed by atoms with Gasteiger partial charge in [0.15, 0.2) is 18.1 Å². The first-order chi connectivity index (χ1) is 14.0. The Bertz CT molecular complexity index is 1030. The molecule has 1 aromatic heterocycles. The fourth-order valence-corrected chi connectivity index (χ4v) is 2.76. The van der Waals surface area contributed by atoms with Crippen LogP contribution in [-0.2, 0) is 4.79 Å². The van der Waals surface area contributed by atoms with E-state index in [2.05, 4.69) is 15.6 Å². The fourth-order valence-electron chi connectivity index (χ4n) is 2.76. The van der Waals surface area contributed by atoms with Crippen LogP contribution in [0.25, 0.3) is 5.69 Å². The molecule has 150 valence electrons. The van der Waals surface area contributed by atoms with E-state index in [-0.39, 0.29) is 12.4 Å². The van der Waals surface area contributed by atoms with E-state index < -0.39 is 5.91 Å². The van der Waals surface area contributed by atoms with Crippen molar-refractivity contribution in [2.24, 2.45) is 5.10 Å². The van der Waals surface area contributed by atoms with Crippen molar-refractivity contribution in [1.29, 1.82) is 0 Å². The van der Waals surface area contributed by atoms with E-state index in [1.807, 2.05) is 19.9 Å². The van der Waals surface area contributed by atoms with Crippen LogP contribution in [0, 0.1) is 19.7 Å². The molecule has 3 rings (SSSR count). The van der Waals surface area contributed by atoms with Crippen LogP contribution in [0.3, 0.4) is 0 Å². The van der Waals surface area contributed by atoms with Crippen molar-refractivity contribution in [3.63, 3.8) is 0 Å². The van der Waals surface area contributed by atoms with E-state index in [0.717, 1.165) is 22.6 Å². The number of halogens is 1. The van der Waals surface area contributed by atoms with E-state index in [4.69, 9.17) is 9.47 Å². The minimum Gasteiger partial charge on any atom is -0.493 e. The Labute approximate surface area is 167 Å². The number of benzene rings is 2. The predicted octanol–water partition coefficient (Wildman–Crippen LogP) is 3.17. The van der Waals surface area contributed by atoms with Gasteiger partial charge >= 0.3 is 0 Å². The van der Waals surface area contributed by atoms with Crippen molar-refractivity contribution in [2.45, 2.75) is 13.8 Å². The topological polar surface area (TPSA) is 77.7 Å². The lowest BCUT2D eigenvalue weighted by Gasteiger charge is -2.09. The third-order valence-electron chi connectivity index (χ3n) is 4.23. The Balaban J connectivity index is 1.63. The molecular weight excluding hydrogens is 375 g/mol. The second-order valence-corrected chi connectivity index (χ2v) is 6.21. The maximum atomic E-state index is 13.1. The lowest BCUT2D eigenvalue weighted by molar-refractivity contribution is -0.123. The number of carbonyl (C=O) groups is 1. The molecule has 8 heteroatoms. The summed E-state index contributed by atoms with van der Waals surface area (Å²) in [6.45, 7) is 3.50. The van der Waals surface area contributed by atoms with Crippen LogP contribution in [0.4, 0.5) is 4.39 Å². The van der Waals surface area contributed by atoms with E-state index in [9.17, 15) is 9.18 Å². The van der Waals surface area contributed by atoms with Crippen molar-refractivity contribution in [2.75, 3.05) is 13.7 Å². The summed E-state index contributed by atoms with van der Waals surface area (Å²) >= 11 is 0. The molecule has 0 fully saturated rings. The SMILES string of the molecule is COc1ccccc1OCC(=O)N/N=C\c1c(C)nn(-c2ccc(F)cc2)c1C. The van der Waals surface area contributed by atoms with Gasteiger partial charge in [0.25, 0.3) is 5.91 Å². The van der Waals surface area contributed by atoms with Crippen molar-refractivity contribution in [1.82, 2.24) is 15.2 Å². The third kappa shape index (κ3) is 4.78. The van der Waals surface area contributed by atoms with Crippen LogP contribution in [0.2, 0.25) is 0 Å². The highest BCUT2D eigenvalue weighted by Gasteiger charge is 2.12.